The van der Waals surface area contributed by atoms with Crippen LogP contribution in [0.25, 0.3) is 0 Å². The summed E-state index contributed by atoms with van der Waals surface area (Å²) in [5, 5.41) is 4.02. The summed E-state index contributed by atoms with van der Waals surface area (Å²) < 4.78 is 6.01. The van der Waals surface area contributed by atoms with Crippen molar-refractivity contribution in [2.45, 2.75) is 20.5 Å². The van der Waals surface area contributed by atoms with Crippen LogP contribution in [0.15, 0.2) is 52.6 Å². The van der Waals surface area contributed by atoms with Crippen molar-refractivity contribution >= 4 is 11.5 Å². The number of aryl methyl sites for hydroxylation is 2. The molecule has 0 radical (unpaired) electrons. The van der Waals surface area contributed by atoms with Gasteiger partial charge in [0.25, 0.3) is 0 Å². The highest BCUT2D eigenvalue weighted by molar-refractivity contribution is 6.47. The van der Waals surface area contributed by atoms with Gasteiger partial charge in [0, 0.05) is 12.6 Å². The Bertz CT molecular complexity index is 767. The van der Waals surface area contributed by atoms with Crippen LogP contribution in [0.1, 0.15) is 22.3 Å². The van der Waals surface area contributed by atoms with Crippen LogP contribution < -0.4 is 10.5 Å². The summed E-state index contributed by atoms with van der Waals surface area (Å²) in [6, 6.07) is 13.9. The van der Waals surface area contributed by atoms with Gasteiger partial charge < -0.3 is 15.3 Å². The lowest BCUT2D eigenvalue weighted by Gasteiger charge is -2.14. The lowest BCUT2D eigenvalue weighted by molar-refractivity contribution is 0.214. The van der Waals surface area contributed by atoms with E-state index in [2.05, 4.69) is 22.3 Å². The number of hydrogen-bond acceptors (Lipinski definition) is 4. The fourth-order valence-corrected chi connectivity index (χ4v) is 2.33. The Morgan fingerprint density at radius 3 is 2.58 bits per heavy atom. The number of rotatable bonds is 6. The van der Waals surface area contributed by atoms with E-state index in [4.69, 9.17) is 15.3 Å². The second kappa shape index (κ2) is 8.15. The van der Waals surface area contributed by atoms with E-state index in [0.717, 1.165) is 28.0 Å². The highest BCUT2D eigenvalue weighted by Gasteiger charge is 2.14. The molecule has 2 rings (SSSR count). The first-order chi connectivity index (χ1) is 11.6. The summed E-state index contributed by atoms with van der Waals surface area (Å²) >= 11 is 0. The smallest absolute Gasteiger partial charge is 0.152 e. The van der Waals surface area contributed by atoms with E-state index >= 15 is 0 Å². The van der Waals surface area contributed by atoms with E-state index in [1.807, 2.05) is 44.2 Å². The molecule has 0 amide bonds. The van der Waals surface area contributed by atoms with Gasteiger partial charge in [-0.15, -0.1) is 0 Å². The van der Waals surface area contributed by atoms with Crippen LogP contribution in [-0.2, 0) is 11.4 Å². The SMILES string of the molecule is CN=C(N)/C(=N/OC)c1ccccc1COc1cc(C)ccc1C. The van der Waals surface area contributed by atoms with Crippen LogP contribution in [-0.4, -0.2) is 25.7 Å². The number of nitrogens with two attached hydrogens (primary N) is 1. The van der Waals surface area contributed by atoms with Crippen molar-refractivity contribution in [3.63, 3.8) is 0 Å². The third kappa shape index (κ3) is 4.13. The third-order valence-corrected chi connectivity index (χ3v) is 3.67. The van der Waals surface area contributed by atoms with E-state index < -0.39 is 0 Å². The molecule has 0 heterocycles. The number of nitrogens with zero attached hydrogens (tertiary/aromatic N) is 2. The first-order valence-electron chi connectivity index (χ1n) is 7.69. The van der Waals surface area contributed by atoms with Gasteiger partial charge in [-0.1, -0.05) is 41.6 Å². The van der Waals surface area contributed by atoms with E-state index in [9.17, 15) is 0 Å². The van der Waals surface area contributed by atoms with Crippen molar-refractivity contribution in [3.8, 4) is 5.75 Å². The Kier molecular flexibility index (Phi) is 5.95. The Morgan fingerprint density at radius 2 is 1.88 bits per heavy atom. The molecule has 0 unspecified atom stereocenters. The minimum Gasteiger partial charge on any atom is -0.489 e. The fraction of sp³-hybridized carbons (Fsp3) is 0.263. The number of oxime groups is 1. The molecule has 2 aromatic carbocycles. The number of ether oxygens (including phenoxy) is 1. The molecular weight excluding hydrogens is 302 g/mol. The van der Waals surface area contributed by atoms with Gasteiger partial charge in [-0.2, -0.15) is 0 Å². The number of aliphatic imine (C=N–C) groups is 1. The minimum atomic E-state index is 0.316. The van der Waals surface area contributed by atoms with Gasteiger partial charge in [0.15, 0.2) is 5.71 Å². The number of benzene rings is 2. The van der Waals surface area contributed by atoms with Gasteiger partial charge in [-0.05, 0) is 36.6 Å². The molecular formula is C19H23N3O2. The van der Waals surface area contributed by atoms with Crippen LogP contribution in [0, 0.1) is 13.8 Å². The van der Waals surface area contributed by atoms with Crippen LogP contribution >= 0.6 is 0 Å². The highest BCUT2D eigenvalue weighted by atomic mass is 16.6. The van der Waals surface area contributed by atoms with E-state index in [-0.39, 0.29) is 0 Å². The first kappa shape index (κ1) is 17.5. The molecule has 24 heavy (non-hydrogen) atoms. The van der Waals surface area contributed by atoms with Gasteiger partial charge in [-0.3, -0.25) is 4.99 Å². The summed E-state index contributed by atoms with van der Waals surface area (Å²) in [4.78, 5) is 8.93. The monoisotopic (exact) mass is 325 g/mol. The molecule has 5 heteroatoms. The maximum Gasteiger partial charge on any atom is 0.152 e. The third-order valence-electron chi connectivity index (χ3n) is 3.67. The average molecular weight is 325 g/mol. The van der Waals surface area contributed by atoms with Gasteiger partial charge in [0.2, 0.25) is 0 Å². The second-order valence-corrected chi connectivity index (χ2v) is 5.45. The maximum atomic E-state index is 6.01. The highest BCUT2D eigenvalue weighted by Crippen LogP contribution is 2.21. The Morgan fingerprint density at radius 1 is 1.12 bits per heavy atom. The summed E-state index contributed by atoms with van der Waals surface area (Å²) in [5.74, 6) is 1.18. The fourth-order valence-electron chi connectivity index (χ4n) is 2.33. The normalized spacial score (nSPS) is 12.2. The van der Waals surface area contributed by atoms with Crippen LogP contribution in [0.2, 0.25) is 0 Å². The molecule has 0 aliphatic rings. The second-order valence-electron chi connectivity index (χ2n) is 5.45. The van der Waals surface area contributed by atoms with Crippen molar-refractivity contribution < 1.29 is 9.57 Å². The summed E-state index contributed by atoms with van der Waals surface area (Å²) in [6.07, 6.45) is 0. The Balaban J connectivity index is 2.32. The zero-order valence-corrected chi connectivity index (χ0v) is 14.5. The molecule has 2 aromatic rings. The molecule has 2 N–H and O–H groups in total. The van der Waals surface area contributed by atoms with E-state index in [1.54, 1.807) is 7.05 Å². The standard InChI is InChI=1S/C19H23N3O2/c1-13-9-10-14(2)17(11-13)24-12-15-7-5-6-8-16(15)18(22-23-4)19(20)21-3/h5-11H,12H2,1-4H3,(H2,20,21)/b22-18+. The molecule has 0 saturated carbocycles. The van der Waals surface area contributed by atoms with Gasteiger partial charge in [-0.25, -0.2) is 0 Å². The Hall–Kier alpha value is -2.82. The Labute approximate surface area is 142 Å². The molecule has 5 nitrogen and oxygen atoms in total. The summed E-state index contributed by atoms with van der Waals surface area (Å²) in [5.41, 5.74) is 10.5. The average Bonchev–Trinajstić information content (AvgIpc) is 2.60. The number of amidine groups is 1. The van der Waals surface area contributed by atoms with Crippen LogP contribution in [0.3, 0.4) is 0 Å². The summed E-state index contributed by atoms with van der Waals surface area (Å²) in [7, 11) is 3.11. The van der Waals surface area contributed by atoms with E-state index in [0.29, 0.717) is 18.2 Å². The van der Waals surface area contributed by atoms with Gasteiger partial charge in [0.1, 0.15) is 25.3 Å². The predicted octanol–water partition coefficient (Wildman–Crippen LogP) is 3.22. The predicted molar refractivity (Wildman–Crippen MR) is 97.8 cm³/mol. The van der Waals surface area contributed by atoms with Gasteiger partial charge >= 0.3 is 0 Å². The van der Waals surface area contributed by atoms with Crippen molar-refractivity contribution in [2.75, 3.05) is 14.2 Å². The topological polar surface area (TPSA) is 69.2 Å². The lowest BCUT2D eigenvalue weighted by atomic mass is 10.0. The molecule has 0 fully saturated rings. The largest absolute Gasteiger partial charge is 0.489 e. The molecule has 126 valence electrons. The van der Waals surface area contributed by atoms with Crippen molar-refractivity contribution in [1.29, 1.82) is 0 Å². The van der Waals surface area contributed by atoms with Gasteiger partial charge in [0.05, 0.1) is 0 Å². The quantitative estimate of drug-likeness (QED) is 0.504. The number of hydrogen-bond donors (Lipinski definition) is 1. The lowest BCUT2D eigenvalue weighted by Crippen LogP contribution is -2.26. The minimum absolute atomic E-state index is 0.316. The molecule has 0 saturated heterocycles. The molecule has 0 bridgehead atoms. The maximum absolute atomic E-state index is 6.01. The van der Waals surface area contributed by atoms with Crippen LogP contribution in [0.5, 0.6) is 5.75 Å². The zero-order valence-electron chi connectivity index (χ0n) is 14.5. The molecule has 0 aliphatic carbocycles. The van der Waals surface area contributed by atoms with Crippen molar-refractivity contribution in [1.82, 2.24) is 0 Å². The van der Waals surface area contributed by atoms with Crippen molar-refractivity contribution in [3.05, 3.63) is 64.7 Å². The van der Waals surface area contributed by atoms with Crippen molar-refractivity contribution in [2.24, 2.45) is 15.9 Å². The molecule has 0 aliphatic heterocycles. The zero-order chi connectivity index (χ0) is 17.5. The summed E-state index contributed by atoms with van der Waals surface area (Å²) in [6.45, 7) is 4.47. The molecule has 0 atom stereocenters. The van der Waals surface area contributed by atoms with E-state index in [1.165, 1.54) is 7.11 Å². The first-order valence-corrected chi connectivity index (χ1v) is 7.69. The van der Waals surface area contributed by atoms with Crippen LogP contribution in [0.4, 0.5) is 0 Å². The molecule has 0 spiro atoms. The molecule has 0 aromatic heterocycles.